The van der Waals surface area contributed by atoms with Gasteiger partial charge in [0.25, 0.3) is 0 Å². The molecule has 0 fully saturated rings. The Morgan fingerprint density at radius 2 is 2.36 bits per heavy atom. The van der Waals surface area contributed by atoms with Gasteiger partial charge >= 0.3 is 0 Å². The molecule has 1 N–H and O–H groups in total. The minimum absolute atomic E-state index is 0.391. The van der Waals surface area contributed by atoms with Gasteiger partial charge in [0, 0.05) is 12.4 Å². The van der Waals surface area contributed by atoms with Gasteiger partial charge in [0.05, 0.1) is 6.20 Å². The third-order valence-electron chi connectivity index (χ3n) is 1.34. The van der Waals surface area contributed by atoms with Gasteiger partial charge in [-0.15, -0.1) is 6.42 Å². The van der Waals surface area contributed by atoms with Crippen molar-refractivity contribution in [2.24, 2.45) is 0 Å². The molecule has 0 saturated heterocycles. The molecule has 0 spiro atoms. The number of nitrogens with zero attached hydrogens (tertiary/aromatic N) is 2. The van der Waals surface area contributed by atoms with Crippen LogP contribution in [0.25, 0.3) is 0 Å². The van der Waals surface area contributed by atoms with Gasteiger partial charge < -0.3 is 5.11 Å². The lowest BCUT2D eigenvalue weighted by molar-refractivity contribution is 0.117. The highest BCUT2D eigenvalue weighted by Crippen LogP contribution is 2.14. The Balaban J connectivity index is 3.05. The van der Waals surface area contributed by atoms with E-state index >= 15 is 0 Å². The predicted octanol–water partition coefficient (Wildman–Crippen LogP) is 0.317. The van der Waals surface area contributed by atoms with Crippen LogP contribution in [0.15, 0.2) is 18.6 Å². The van der Waals surface area contributed by atoms with E-state index in [1.54, 1.807) is 0 Å². The van der Waals surface area contributed by atoms with Crippen LogP contribution in [-0.2, 0) is 5.60 Å². The Morgan fingerprint density at radius 1 is 1.64 bits per heavy atom. The third-order valence-corrected chi connectivity index (χ3v) is 1.34. The minimum atomic E-state index is -1.31. The molecule has 1 aromatic heterocycles. The van der Waals surface area contributed by atoms with Gasteiger partial charge in [0.2, 0.25) is 0 Å². The fraction of sp³-hybridized carbons (Fsp3) is 0.250. The molecule has 0 aliphatic rings. The van der Waals surface area contributed by atoms with Crippen molar-refractivity contribution in [2.75, 3.05) is 0 Å². The van der Waals surface area contributed by atoms with Crippen molar-refractivity contribution in [1.29, 1.82) is 0 Å². The average molecular weight is 148 g/mol. The molecule has 0 aromatic carbocycles. The van der Waals surface area contributed by atoms with Gasteiger partial charge in [-0.25, -0.2) is 0 Å². The lowest BCUT2D eigenvalue weighted by atomic mass is 10.1. The fourth-order valence-corrected chi connectivity index (χ4v) is 0.624. The van der Waals surface area contributed by atoms with E-state index in [0.29, 0.717) is 5.69 Å². The van der Waals surface area contributed by atoms with E-state index in [1.165, 1.54) is 25.5 Å². The van der Waals surface area contributed by atoms with Gasteiger partial charge in [0.1, 0.15) is 5.69 Å². The Bertz CT molecular complexity index is 274. The Kier molecular flexibility index (Phi) is 1.88. The summed E-state index contributed by atoms with van der Waals surface area (Å²) in [6.07, 6.45) is 9.53. The van der Waals surface area contributed by atoms with Crippen molar-refractivity contribution >= 4 is 0 Å². The normalized spacial score (nSPS) is 15.0. The van der Waals surface area contributed by atoms with E-state index in [2.05, 4.69) is 15.9 Å². The van der Waals surface area contributed by atoms with Crippen LogP contribution < -0.4 is 0 Å². The standard InChI is InChI=1S/C8H8N2O/c1-3-8(2,11)7-6-9-4-5-10-7/h1,4-6,11H,2H3. The lowest BCUT2D eigenvalue weighted by Gasteiger charge is -2.13. The van der Waals surface area contributed by atoms with E-state index in [9.17, 15) is 5.11 Å². The monoisotopic (exact) mass is 148 g/mol. The molecular formula is C8H8N2O. The molecule has 0 aliphatic heterocycles. The minimum Gasteiger partial charge on any atom is -0.372 e. The molecule has 56 valence electrons. The van der Waals surface area contributed by atoms with Gasteiger partial charge in [-0.2, -0.15) is 0 Å². The van der Waals surface area contributed by atoms with Crippen molar-refractivity contribution in [2.45, 2.75) is 12.5 Å². The zero-order valence-electron chi connectivity index (χ0n) is 6.15. The molecule has 1 rings (SSSR count). The smallest absolute Gasteiger partial charge is 0.166 e. The SMILES string of the molecule is C#CC(C)(O)c1cnccn1. The summed E-state index contributed by atoms with van der Waals surface area (Å²) >= 11 is 0. The van der Waals surface area contributed by atoms with Crippen LogP contribution in [0.3, 0.4) is 0 Å². The number of terminal acetylenes is 1. The molecule has 0 radical (unpaired) electrons. The molecule has 1 atom stereocenters. The molecule has 0 saturated carbocycles. The van der Waals surface area contributed by atoms with Gasteiger partial charge in [0.15, 0.2) is 5.60 Å². The highest BCUT2D eigenvalue weighted by Gasteiger charge is 2.20. The highest BCUT2D eigenvalue weighted by atomic mass is 16.3. The van der Waals surface area contributed by atoms with Crippen LogP contribution in [0.4, 0.5) is 0 Å². The first-order valence-corrected chi connectivity index (χ1v) is 3.13. The topological polar surface area (TPSA) is 46.0 Å². The largest absolute Gasteiger partial charge is 0.372 e. The molecule has 1 aromatic rings. The second kappa shape index (κ2) is 2.69. The zero-order valence-corrected chi connectivity index (χ0v) is 6.15. The predicted molar refractivity (Wildman–Crippen MR) is 40.4 cm³/mol. The third kappa shape index (κ3) is 1.54. The maximum atomic E-state index is 9.46. The van der Waals surface area contributed by atoms with E-state index in [0.717, 1.165) is 0 Å². The number of aromatic nitrogens is 2. The van der Waals surface area contributed by atoms with Crippen LogP contribution in [0.2, 0.25) is 0 Å². The second-order valence-corrected chi connectivity index (χ2v) is 2.31. The Labute approximate surface area is 65.1 Å². The lowest BCUT2D eigenvalue weighted by Crippen LogP contribution is -2.19. The summed E-state index contributed by atoms with van der Waals surface area (Å²) in [5.41, 5.74) is -0.920. The molecule has 3 nitrogen and oxygen atoms in total. The summed E-state index contributed by atoms with van der Waals surface area (Å²) in [7, 11) is 0. The van der Waals surface area contributed by atoms with E-state index in [4.69, 9.17) is 6.42 Å². The van der Waals surface area contributed by atoms with Crippen molar-refractivity contribution in [3.8, 4) is 12.3 Å². The Morgan fingerprint density at radius 3 is 2.82 bits per heavy atom. The first kappa shape index (κ1) is 7.70. The van der Waals surface area contributed by atoms with E-state index < -0.39 is 5.60 Å². The van der Waals surface area contributed by atoms with Crippen LogP contribution in [0.5, 0.6) is 0 Å². The summed E-state index contributed by atoms with van der Waals surface area (Å²) < 4.78 is 0. The summed E-state index contributed by atoms with van der Waals surface area (Å²) in [4.78, 5) is 7.65. The van der Waals surface area contributed by atoms with Crippen LogP contribution in [0.1, 0.15) is 12.6 Å². The maximum absolute atomic E-state index is 9.46. The van der Waals surface area contributed by atoms with E-state index in [-0.39, 0.29) is 0 Å². The number of hydrogen-bond acceptors (Lipinski definition) is 3. The number of rotatable bonds is 1. The van der Waals surface area contributed by atoms with Crippen LogP contribution >= 0.6 is 0 Å². The molecule has 1 unspecified atom stereocenters. The van der Waals surface area contributed by atoms with Crippen LogP contribution in [-0.4, -0.2) is 15.1 Å². The number of hydrogen-bond donors (Lipinski definition) is 1. The van der Waals surface area contributed by atoms with Gasteiger partial charge in [-0.1, -0.05) is 5.92 Å². The summed E-state index contributed by atoms with van der Waals surface area (Å²) in [5.74, 6) is 2.21. The van der Waals surface area contributed by atoms with Crippen molar-refractivity contribution in [1.82, 2.24) is 9.97 Å². The first-order valence-electron chi connectivity index (χ1n) is 3.13. The summed E-state index contributed by atoms with van der Waals surface area (Å²) in [6.45, 7) is 1.50. The molecule has 11 heavy (non-hydrogen) atoms. The van der Waals surface area contributed by atoms with Crippen molar-refractivity contribution in [3.63, 3.8) is 0 Å². The summed E-state index contributed by atoms with van der Waals surface area (Å²) in [5, 5.41) is 9.46. The molecule has 1 heterocycles. The molecule has 0 aliphatic carbocycles. The van der Waals surface area contributed by atoms with Gasteiger partial charge in [-0.05, 0) is 6.92 Å². The molecule has 0 amide bonds. The number of aliphatic hydroxyl groups is 1. The molecule has 3 heteroatoms. The average Bonchev–Trinajstić information content (AvgIpc) is 2.06. The fourth-order valence-electron chi connectivity index (χ4n) is 0.624. The maximum Gasteiger partial charge on any atom is 0.166 e. The van der Waals surface area contributed by atoms with E-state index in [1.807, 2.05) is 0 Å². The van der Waals surface area contributed by atoms with Gasteiger partial charge in [-0.3, -0.25) is 9.97 Å². The Hall–Kier alpha value is -1.40. The van der Waals surface area contributed by atoms with Crippen LogP contribution in [0, 0.1) is 12.3 Å². The second-order valence-electron chi connectivity index (χ2n) is 2.31. The first-order chi connectivity index (χ1) is 5.17. The van der Waals surface area contributed by atoms with Crippen molar-refractivity contribution < 1.29 is 5.11 Å². The van der Waals surface area contributed by atoms with Crippen molar-refractivity contribution in [3.05, 3.63) is 24.3 Å². The summed E-state index contributed by atoms with van der Waals surface area (Å²) in [6, 6.07) is 0. The molecule has 0 bridgehead atoms. The zero-order chi connectivity index (χ0) is 8.32. The quantitative estimate of drug-likeness (QED) is 0.583. The molecular weight excluding hydrogens is 140 g/mol. The highest BCUT2D eigenvalue weighted by molar-refractivity contribution is 5.19.